The third-order valence-corrected chi connectivity index (χ3v) is 4.50. The number of hydrogen-bond acceptors (Lipinski definition) is 3. The number of hydrogen-bond donors (Lipinski definition) is 1. The maximum Gasteiger partial charge on any atom is 0.226 e. The molecule has 0 amide bonds. The van der Waals surface area contributed by atoms with E-state index in [0.717, 1.165) is 32.3 Å². The Labute approximate surface area is 146 Å². The highest BCUT2D eigenvalue weighted by molar-refractivity contribution is 9.10. The standard InChI is InChI=1S/C17H12BrClN4/c18-13-3-1-2-12(8-13)16-9-15(11-4-6-14(19)7-5-11)22-17-20-10-21-23(16)17/h1-10,16H,(H,20,21,22)/t16-/m1/s1. The molecule has 0 aliphatic carbocycles. The van der Waals surface area contributed by atoms with Crippen LogP contribution in [0.3, 0.4) is 0 Å². The molecule has 1 aromatic heterocycles. The average molecular weight is 388 g/mol. The van der Waals surface area contributed by atoms with E-state index in [-0.39, 0.29) is 6.04 Å². The van der Waals surface area contributed by atoms with Crippen LogP contribution in [0.2, 0.25) is 5.02 Å². The number of aromatic nitrogens is 3. The van der Waals surface area contributed by atoms with Gasteiger partial charge in [-0.15, -0.1) is 0 Å². The first-order valence-electron chi connectivity index (χ1n) is 7.10. The van der Waals surface area contributed by atoms with Crippen LogP contribution in [0.1, 0.15) is 17.2 Å². The van der Waals surface area contributed by atoms with Gasteiger partial charge in [0.1, 0.15) is 12.4 Å². The fourth-order valence-corrected chi connectivity index (χ4v) is 3.20. The van der Waals surface area contributed by atoms with Crippen LogP contribution in [0.25, 0.3) is 5.70 Å². The zero-order chi connectivity index (χ0) is 15.8. The summed E-state index contributed by atoms with van der Waals surface area (Å²) in [6.07, 6.45) is 3.71. The number of fused-ring (bicyclic) bond motifs is 1. The zero-order valence-electron chi connectivity index (χ0n) is 11.9. The molecule has 23 heavy (non-hydrogen) atoms. The van der Waals surface area contributed by atoms with Gasteiger partial charge in [-0.25, -0.2) is 4.68 Å². The van der Waals surface area contributed by atoms with Gasteiger partial charge in [-0.05, 0) is 41.5 Å². The van der Waals surface area contributed by atoms with Crippen molar-refractivity contribution in [1.82, 2.24) is 14.8 Å². The first kappa shape index (κ1) is 14.5. The zero-order valence-corrected chi connectivity index (χ0v) is 14.3. The lowest BCUT2D eigenvalue weighted by molar-refractivity contribution is 0.611. The summed E-state index contributed by atoms with van der Waals surface area (Å²) in [6.45, 7) is 0. The molecule has 1 atom stereocenters. The summed E-state index contributed by atoms with van der Waals surface area (Å²) in [5.41, 5.74) is 3.19. The molecule has 3 aromatic rings. The molecule has 0 bridgehead atoms. The van der Waals surface area contributed by atoms with Crippen molar-refractivity contribution in [2.75, 3.05) is 5.32 Å². The van der Waals surface area contributed by atoms with Crippen LogP contribution in [-0.2, 0) is 0 Å². The van der Waals surface area contributed by atoms with Gasteiger partial charge >= 0.3 is 0 Å². The third kappa shape index (κ3) is 2.78. The monoisotopic (exact) mass is 386 g/mol. The van der Waals surface area contributed by atoms with Crippen molar-refractivity contribution < 1.29 is 0 Å². The normalized spacial score (nSPS) is 16.4. The highest BCUT2D eigenvalue weighted by Gasteiger charge is 2.23. The van der Waals surface area contributed by atoms with E-state index < -0.39 is 0 Å². The Bertz CT molecular complexity index is 886. The molecule has 0 radical (unpaired) electrons. The van der Waals surface area contributed by atoms with E-state index in [2.05, 4.69) is 49.5 Å². The summed E-state index contributed by atoms with van der Waals surface area (Å²) in [5.74, 6) is 0.724. The predicted octanol–water partition coefficient (Wildman–Crippen LogP) is 4.75. The van der Waals surface area contributed by atoms with Crippen molar-refractivity contribution in [3.05, 3.63) is 81.6 Å². The fourth-order valence-electron chi connectivity index (χ4n) is 2.66. The van der Waals surface area contributed by atoms with Gasteiger partial charge in [-0.3, -0.25) is 0 Å². The van der Waals surface area contributed by atoms with Crippen molar-refractivity contribution in [3.63, 3.8) is 0 Å². The first-order chi connectivity index (χ1) is 11.2. The Balaban J connectivity index is 1.81. The van der Waals surface area contributed by atoms with E-state index in [1.165, 1.54) is 0 Å². The molecule has 114 valence electrons. The van der Waals surface area contributed by atoms with Crippen LogP contribution in [0.4, 0.5) is 5.95 Å². The molecule has 0 saturated heterocycles. The predicted molar refractivity (Wildman–Crippen MR) is 95.4 cm³/mol. The minimum absolute atomic E-state index is 0.0167. The summed E-state index contributed by atoms with van der Waals surface area (Å²) >= 11 is 9.52. The molecule has 2 heterocycles. The molecule has 4 nitrogen and oxygen atoms in total. The summed E-state index contributed by atoms with van der Waals surface area (Å²) in [6, 6.07) is 15.9. The van der Waals surface area contributed by atoms with Crippen molar-refractivity contribution >= 4 is 39.2 Å². The lowest BCUT2D eigenvalue weighted by Crippen LogP contribution is -2.20. The molecule has 0 unspecified atom stereocenters. The third-order valence-electron chi connectivity index (χ3n) is 3.75. The molecular weight excluding hydrogens is 376 g/mol. The fraction of sp³-hybridized carbons (Fsp3) is 0.0588. The van der Waals surface area contributed by atoms with Crippen molar-refractivity contribution in [1.29, 1.82) is 0 Å². The van der Waals surface area contributed by atoms with Crippen LogP contribution >= 0.6 is 27.5 Å². The maximum absolute atomic E-state index is 5.98. The summed E-state index contributed by atoms with van der Waals surface area (Å²) < 4.78 is 2.91. The largest absolute Gasteiger partial charge is 0.324 e. The number of halogens is 2. The van der Waals surface area contributed by atoms with E-state index >= 15 is 0 Å². The molecule has 1 aliphatic rings. The van der Waals surface area contributed by atoms with E-state index in [0.29, 0.717) is 0 Å². The SMILES string of the molecule is Clc1ccc(C2=C[C@H](c3cccc(Br)c3)n3ncnc3N2)cc1. The van der Waals surface area contributed by atoms with Gasteiger partial charge in [0.25, 0.3) is 0 Å². The molecule has 0 saturated carbocycles. The van der Waals surface area contributed by atoms with Crippen LogP contribution in [0, 0.1) is 0 Å². The second kappa shape index (κ2) is 5.83. The minimum atomic E-state index is -0.0167. The molecule has 0 fully saturated rings. The molecule has 1 N–H and O–H groups in total. The van der Waals surface area contributed by atoms with Crippen molar-refractivity contribution in [3.8, 4) is 0 Å². The highest BCUT2D eigenvalue weighted by atomic mass is 79.9. The molecule has 0 spiro atoms. The molecule has 2 aromatic carbocycles. The lowest BCUT2D eigenvalue weighted by atomic mass is 10.0. The second-order valence-corrected chi connectivity index (χ2v) is 6.59. The minimum Gasteiger partial charge on any atom is -0.324 e. The average Bonchev–Trinajstić information content (AvgIpc) is 3.03. The van der Waals surface area contributed by atoms with Gasteiger partial charge in [0.2, 0.25) is 5.95 Å². The molecule has 1 aliphatic heterocycles. The van der Waals surface area contributed by atoms with Crippen LogP contribution in [-0.4, -0.2) is 14.8 Å². The van der Waals surface area contributed by atoms with E-state index in [1.54, 1.807) is 6.33 Å². The number of allylic oxidation sites excluding steroid dienone is 1. The number of nitrogens with zero attached hydrogens (tertiary/aromatic N) is 3. The summed E-state index contributed by atoms with van der Waals surface area (Å²) in [7, 11) is 0. The van der Waals surface area contributed by atoms with Gasteiger partial charge in [-0.2, -0.15) is 10.1 Å². The number of anilines is 1. The van der Waals surface area contributed by atoms with Gasteiger partial charge in [0, 0.05) is 15.2 Å². The van der Waals surface area contributed by atoms with E-state index in [4.69, 9.17) is 11.6 Å². The van der Waals surface area contributed by atoms with Crippen molar-refractivity contribution in [2.24, 2.45) is 0 Å². The van der Waals surface area contributed by atoms with Crippen LogP contribution < -0.4 is 5.32 Å². The van der Waals surface area contributed by atoms with E-state index in [1.807, 2.05) is 41.1 Å². The summed E-state index contributed by atoms with van der Waals surface area (Å²) in [5, 5.41) is 8.39. The topological polar surface area (TPSA) is 42.7 Å². The first-order valence-corrected chi connectivity index (χ1v) is 8.27. The Morgan fingerprint density at radius 1 is 1.13 bits per heavy atom. The molecule has 4 rings (SSSR count). The number of benzene rings is 2. The van der Waals surface area contributed by atoms with Crippen LogP contribution in [0.15, 0.2) is 65.4 Å². The lowest BCUT2D eigenvalue weighted by Gasteiger charge is -2.24. The Hall–Kier alpha value is -2.11. The molecule has 6 heteroatoms. The van der Waals surface area contributed by atoms with Gasteiger partial charge in [0.05, 0.1) is 0 Å². The van der Waals surface area contributed by atoms with Crippen molar-refractivity contribution in [2.45, 2.75) is 6.04 Å². The molecular formula is C17H12BrClN4. The highest BCUT2D eigenvalue weighted by Crippen LogP contribution is 2.33. The van der Waals surface area contributed by atoms with Gasteiger partial charge in [0.15, 0.2) is 0 Å². The van der Waals surface area contributed by atoms with Gasteiger partial charge < -0.3 is 5.32 Å². The number of nitrogens with one attached hydrogen (secondary N) is 1. The number of rotatable bonds is 2. The Kier molecular flexibility index (Phi) is 3.67. The quantitative estimate of drug-likeness (QED) is 0.690. The van der Waals surface area contributed by atoms with E-state index in [9.17, 15) is 0 Å². The Morgan fingerprint density at radius 3 is 2.74 bits per heavy atom. The summed E-state index contributed by atoms with van der Waals surface area (Å²) in [4.78, 5) is 4.31. The smallest absolute Gasteiger partial charge is 0.226 e. The van der Waals surface area contributed by atoms with Crippen LogP contribution in [0.5, 0.6) is 0 Å². The van der Waals surface area contributed by atoms with Gasteiger partial charge in [-0.1, -0.05) is 51.8 Å². The Morgan fingerprint density at radius 2 is 1.96 bits per heavy atom. The maximum atomic E-state index is 5.98. The second-order valence-electron chi connectivity index (χ2n) is 5.24.